The van der Waals surface area contributed by atoms with E-state index >= 15 is 0 Å². The molecule has 0 amide bonds. The summed E-state index contributed by atoms with van der Waals surface area (Å²) >= 11 is 0. The molecule has 3 aromatic rings. The van der Waals surface area contributed by atoms with Crippen LogP contribution >= 0.6 is 0 Å². The van der Waals surface area contributed by atoms with E-state index in [-0.39, 0.29) is 5.92 Å². The Bertz CT molecular complexity index is 886. The van der Waals surface area contributed by atoms with Gasteiger partial charge < -0.3 is 0 Å². The number of rotatable bonds is 4. The van der Waals surface area contributed by atoms with Crippen LogP contribution in [0.5, 0.6) is 0 Å². The van der Waals surface area contributed by atoms with Gasteiger partial charge in [-0.05, 0) is 46.4 Å². The first-order valence-corrected chi connectivity index (χ1v) is 8.26. The smallest absolute Gasteiger partial charge is 0.166 e. The lowest BCUT2D eigenvalue weighted by atomic mass is 9.92. The number of fused-ring (bicyclic) bond motifs is 1. The van der Waals surface area contributed by atoms with Crippen molar-refractivity contribution in [2.24, 2.45) is 0 Å². The maximum Gasteiger partial charge on any atom is 0.416 e. The highest BCUT2D eigenvalue weighted by Crippen LogP contribution is 2.30. The summed E-state index contributed by atoms with van der Waals surface area (Å²) in [5.74, 6) is 0.285. The molecular weight excluding hydrogens is 321 g/mol. The molecule has 0 aliphatic heterocycles. The van der Waals surface area contributed by atoms with Gasteiger partial charge in [0.15, 0.2) is 0 Å². The summed E-state index contributed by atoms with van der Waals surface area (Å²) < 4.78 is 38.3. The zero-order valence-corrected chi connectivity index (χ0v) is 13.9. The van der Waals surface area contributed by atoms with Crippen LogP contribution in [0, 0.1) is 0 Å². The van der Waals surface area contributed by atoms with Crippen LogP contribution in [-0.4, -0.2) is 0 Å². The monoisotopic (exact) mass is 340 g/mol. The van der Waals surface area contributed by atoms with Crippen molar-refractivity contribution in [3.8, 4) is 0 Å². The predicted molar refractivity (Wildman–Crippen MR) is 97.5 cm³/mol. The summed E-state index contributed by atoms with van der Waals surface area (Å²) in [5.41, 5.74) is 1.21. The molecule has 3 aromatic carbocycles. The summed E-state index contributed by atoms with van der Waals surface area (Å²) in [5, 5.41) is 2.43. The molecule has 25 heavy (non-hydrogen) atoms. The molecule has 0 heterocycles. The van der Waals surface area contributed by atoms with Crippen molar-refractivity contribution < 1.29 is 13.2 Å². The van der Waals surface area contributed by atoms with Crippen molar-refractivity contribution in [3.63, 3.8) is 0 Å². The van der Waals surface area contributed by atoms with Gasteiger partial charge >= 0.3 is 6.18 Å². The number of hydrogen-bond acceptors (Lipinski definition) is 0. The molecule has 0 saturated heterocycles. The second-order valence-corrected chi connectivity index (χ2v) is 6.23. The largest absolute Gasteiger partial charge is 0.416 e. The average molecular weight is 340 g/mol. The molecule has 1 unspecified atom stereocenters. The number of allylic oxidation sites excluding steroid dienone is 1. The van der Waals surface area contributed by atoms with Gasteiger partial charge in [-0.2, -0.15) is 13.2 Å². The summed E-state index contributed by atoms with van der Waals surface area (Å²) in [4.78, 5) is 0. The van der Waals surface area contributed by atoms with Gasteiger partial charge in [0.2, 0.25) is 0 Å². The molecular formula is C22H19F3. The fourth-order valence-electron chi connectivity index (χ4n) is 3.03. The van der Waals surface area contributed by atoms with Crippen molar-refractivity contribution in [3.05, 3.63) is 89.5 Å². The number of hydrogen-bond donors (Lipinski definition) is 0. The number of halogens is 3. The molecule has 0 aliphatic carbocycles. The van der Waals surface area contributed by atoms with Crippen LogP contribution in [0.25, 0.3) is 16.8 Å². The quantitative estimate of drug-likeness (QED) is 0.476. The van der Waals surface area contributed by atoms with Gasteiger partial charge in [-0.25, -0.2) is 0 Å². The van der Waals surface area contributed by atoms with Gasteiger partial charge in [-0.15, -0.1) is 0 Å². The second-order valence-electron chi connectivity index (χ2n) is 6.23. The van der Waals surface area contributed by atoms with Gasteiger partial charge in [0.1, 0.15) is 0 Å². The van der Waals surface area contributed by atoms with E-state index in [4.69, 9.17) is 0 Å². The Hall–Kier alpha value is -2.55. The minimum Gasteiger partial charge on any atom is -0.166 e. The summed E-state index contributed by atoms with van der Waals surface area (Å²) in [7, 11) is 0. The van der Waals surface area contributed by atoms with E-state index in [1.807, 2.05) is 24.3 Å². The highest BCUT2D eigenvalue weighted by atomic mass is 19.4. The van der Waals surface area contributed by atoms with Crippen LogP contribution in [0.15, 0.2) is 72.8 Å². The lowest BCUT2D eigenvalue weighted by Crippen LogP contribution is -2.04. The van der Waals surface area contributed by atoms with Gasteiger partial charge in [-0.1, -0.05) is 73.7 Å². The zero-order chi connectivity index (χ0) is 17.9. The molecule has 0 fully saturated rings. The van der Waals surface area contributed by atoms with Crippen LogP contribution in [0.3, 0.4) is 0 Å². The van der Waals surface area contributed by atoms with Crippen molar-refractivity contribution >= 4 is 16.8 Å². The van der Waals surface area contributed by atoms with Gasteiger partial charge in [-0.3, -0.25) is 0 Å². The molecule has 3 rings (SSSR count). The third-order valence-electron chi connectivity index (χ3n) is 4.37. The average Bonchev–Trinajstić information content (AvgIpc) is 2.60. The Labute approximate surface area is 145 Å². The molecule has 1 atom stereocenters. The van der Waals surface area contributed by atoms with E-state index < -0.39 is 11.7 Å². The minimum absolute atomic E-state index is 0.285. The van der Waals surface area contributed by atoms with Crippen LogP contribution in [0.4, 0.5) is 13.2 Å². The summed E-state index contributed by atoms with van der Waals surface area (Å²) in [6, 6.07) is 19.9. The second kappa shape index (κ2) is 7.14. The van der Waals surface area contributed by atoms with Crippen molar-refractivity contribution in [2.45, 2.75) is 25.4 Å². The molecule has 0 N–H and O–H groups in total. The Morgan fingerprint density at radius 2 is 1.64 bits per heavy atom. The van der Waals surface area contributed by atoms with E-state index in [1.54, 1.807) is 12.1 Å². The molecule has 0 aliphatic rings. The standard InChI is InChI=1S/C22H19F3/c1-16(20-14-6-11-18-10-2-3-13-21(18)20)7-4-8-17-9-5-12-19(15-17)22(23,24)25/h2-6,8-16H,7H2,1H3. The SMILES string of the molecule is CC(CC=Cc1cccc(C(F)(F)F)c1)c1cccc2ccccc12. The molecule has 0 saturated carbocycles. The van der Waals surface area contributed by atoms with Gasteiger partial charge in [0, 0.05) is 0 Å². The molecule has 0 nitrogen and oxygen atoms in total. The maximum absolute atomic E-state index is 12.8. The van der Waals surface area contributed by atoms with E-state index in [1.165, 1.54) is 28.5 Å². The van der Waals surface area contributed by atoms with Crippen LogP contribution < -0.4 is 0 Å². The van der Waals surface area contributed by atoms with E-state index in [0.717, 1.165) is 12.5 Å². The number of benzene rings is 3. The van der Waals surface area contributed by atoms with Gasteiger partial charge in [0.05, 0.1) is 5.56 Å². The van der Waals surface area contributed by atoms with Crippen LogP contribution in [0.2, 0.25) is 0 Å². The van der Waals surface area contributed by atoms with Crippen molar-refractivity contribution in [1.82, 2.24) is 0 Å². The Balaban J connectivity index is 1.76. The van der Waals surface area contributed by atoms with E-state index in [9.17, 15) is 13.2 Å². The van der Waals surface area contributed by atoms with Crippen LogP contribution in [-0.2, 0) is 6.18 Å². The van der Waals surface area contributed by atoms with Crippen molar-refractivity contribution in [1.29, 1.82) is 0 Å². The Morgan fingerprint density at radius 3 is 2.44 bits per heavy atom. The zero-order valence-electron chi connectivity index (χ0n) is 13.9. The molecule has 128 valence electrons. The maximum atomic E-state index is 12.8. The first kappa shape index (κ1) is 17.3. The first-order valence-electron chi connectivity index (χ1n) is 8.26. The lowest BCUT2D eigenvalue weighted by Gasteiger charge is -2.13. The topological polar surface area (TPSA) is 0 Å². The van der Waals surface area contributed by atoms with E-state index in [0.29, 0.717) is 5.56 Å². The highest BCUT2D eigenvalue weighted by Gasteiger charge is 2.30. The fourth-order valence-corrected chi connectivity index (χ4v) is 3.03. The fraction of sp³-hybridized carbons (Fsp3) is 0.182. The molecule has 0 bridgehead atoms. The normalized spacial score (nSPS) is 13.4. The Morgan fingerprint density at radius 1 is 0.920 bits per heavy atom. The first-order chi connectivity index (χ1) is 11.9. The molecule has 0 aromatic heterocycles. The third-order valence-corrected chi connectivity index (χ3v) is 4.37. The summed E-state index contributed by atoms with van der Waals surface area (Å²) in [6.45, 7) is 2.14. The summed E-state index contributed by atoms with van der Waals surface area (Å²) in [6.07, 6.45) is 0.170. The molecule has 0 spiro atoms. The number of alkyl halides is 3. The Kier molecular flexibility index (Phi) is 4.93. The highest BCUT2D eigenvalue weighted by molar-refractivity contribution is 5.86. The van der Waals surface area contributed by atoms with E-state index in [2.05, 4.69) is 31.2 Å². The third kappa shape index (κ3) is 4.11. The predicted octanol–water partition coefficient (Wildman–Crippen LogP) is 7.07. The molecule has 3 heteroatoms. The van der Waals surface area contributed by atoms with Gasteiger partial charge in [0.25, 0.3) is 0 Å². The molecule has 0 radical (unpaired) electrons. The minimum atomic E-state index is -4.31. The lowest BCUT2D eigenvalue weighted by molar-refractivity contribution is -0.137. The van der Waals surface area contributed by atoms with Crippen molar-refractivity contribution in [2.75, 3.05) is 0 Å². The van der Waals surface area contributed by atoms with Crippen LogP contribution in [0.1, 0.15) is 36.0 Å².